The first-order chi connectivity index (χ1) is 13.1. The summed E-state index contributed by atoms with van der Waals surface area (Å²) in [4.78, 5) is 33.6. The number of halogens is 3. The highest BCUT2D eigenvalue weighted by atomic mass is 19.4. The average Bonchev–Trinajstić information content (AvgIpc) is 2.60. The Morgan fingerprint density at radius 1 is 1.14 bits per heavy atom. The number of non-ortho nitro benzene ring substituents is 1. The summed E-state index contributed by atoms with van der Waals surface area (Å²) in [6.07, 6.45) is -5.58. The summed E-state index contributed by atoms with van der Waals surface area (Å²) in [5.74, 6) is -2.28. The van der Waals surface area contributed by atoms with Gasteiger partial charge in [0.25, 0.3) is 5.69 Å². The van der Waals surface area contributed by atoms with Crippen LogP contribution >= 0.6 is 0 Å². The van der Waals surface area contributed by atoms with Crippen LogP contribution in [0.15, 0.2) is 48.5 Å². The molecule has 0 fully saturated rings. The summed E-state index contributed by atoms with van der Waals surface area (Å²) in [5, 5.41) is 22.2. The quantitative estimate of drug-likeness (QED) is 0.552. The van der Waals surface area contributed by atoms with E-state index >= 15 is 0 Å². The van der Waals surface area contributed by atoms with Gasteiger partial charge in [0.05, 0.1) is 16.9 Å². The fourth-order valence-corrected chi connectivity index (χ4v) is 2.61. The molecule has 2 rings (SSSR count). The monoisotopic (exact) mass is 396 g/mol. The second kappa shape index (κ2) is 8.51. The van der Waals surface area contributed by atoms with Crippen LogP contribution in [0.25, 0.3) is 0 Å². The summed E-state index contributed by atoms with van der Waals surface area (Å²) in [6.45, 7) is 0. The minimum Gasteiger partial charge on any atom is -0.480 e. The topological polar surface area (TPSA) is 110 Å². The van der Waals surface area contributed by atoms with Crippen LogP contribution in [0.2, 0.25) is 0 Å². The number of benzene rings is 2. The van der Waals surface area contributed by atoms with Gasteiger partial charge < -0.3 is 10.4 Å². The molecule has 148 valence electrons. The number of carbonyl (C=O) groups is 2. The van der Waals surface area contributed by atoms with Gasteiger partial charge in [0.15, 0.2) is 0 Å². The fourth-order valence-electron chi connectivity index (χ4n) is 2.61. The molecule has 0 unspecified atom stereocenters. The Morgan fingerprint density at radius 2 is 1.82 bits per heavy atom. The van der Waals surface area contributed by atoms with Gasteiger partial charge in [0.2, 0.25) is 5.91 Å². The van der Waals surface area contributed by atoms with E-state index in [2.05, 4.69) is 5.32 Å². The number of nitro groups is 1. The van der Waals surface area contributed by atoms with Crippen molar-refractivity contribution in [2.24, 2.45) is 0 Å². The van der Waals surface area contributed by atoms with Crippen molar-refractivity contribution < 1.29 is 32.8 Å². The summed E-state index contributed by atoms with van der Waals surface area (Å²) in [7, 11) is 0. The standard InChI is InChI=1S/C18H15F3N2O5/c19-18(20,21)14-7-2-1-5-12(14)10-15(17(25)26)22-16(24)9-11-4-3-6-13(8-11)23(27)28/h1-8,15H,9-10H2,(H,22,24)(H,25,26)/t15-/m1/s1. The number of aliphatic carboxylic acids is 1. The Balaban J connectivity index is 2.14. The maximum Gasteiger partial charge on any atom is 0.416 e. The number of hydrogen-bond acceptors (Lipinski definition) is 4. The van der Waals surface area contributed by atoms with E-state index in [0.29, 0.717) is 0 Å². The van der Waals surface area contributed by atoms with Crippen molar-refractivity contribution in [3.63, 3.8) is 0 Å². The van der Waals surface area contributed by atoms with Crippen LogP contribution in [0.3, 0.4) is 0 Å². The molecule has 0 heterocycles. The molecule has 0 radical (unpaired) electrons. The van der Waals surface area contributed by atoms with Gasteiger partial charge in [0, 0.05) is 18.6 Å². The molecule has 0 bridgehead atoms. The van der Waals surface area contributed by atoms with Crippen molar-refractivity contribution in [2.75, 3.05) is 0 Å². The fraction of sp³-hybridized carbons (Fsp3) is 0.222. The molecular formula is C18H15F3N2O5. The van der Waals surface area contributed by atoms with Crippen molar-refractivity contribution in [1.82, 2.24) is 5.32 Å². The number of alkyl halides is 3. The largest absolute Gasteiger partial charge is 0.480 e. The molecule has 0 spiro atoms. The third kappa shape index (κ3) is 5.53. The molecular weight excluding hydrogens is 381 g/mol. The number of rotatable bonds is 7. The Labute approximate surface area is 156 Å². The Kier molecular flexibility index (Phi) is 6.34. The average molecular weight is 396 g/mol. The van der Waals surface area contributed by atoms with Crippen molar-refractivity contribution in [2.45, 2.75) is 25.1 Å². The third-order valence-corrected chi connectivity index (χ3v) is 3.87. The van der Waals surface area contributed by atoms with Gasteiger partial charge in [-0.2, -0.15) is 13.2 Å². The predicted molar refractivity (Wildman–Crippen MR) is 91.5 cm³/mol. The second-order valence-corrected chi connectivity index (χ2v) is 5.92. The molecule has 7 nitrogen and oxygen atoms in total. The van der Waals surface area contributed by atoms with E-state index < -0.39 is 41.0 Å². The van der Waals surface area contributed by atoms with E-state index in [0.717, 1.165) is 18.2 Å². The van der Waals surface area contributed by atoms with Gasteiger partial charge in [-0.05, 0) is 17.2 Å². The van der Waals surface area contributed by atoms with Crippen LogP contribution in [0, 0.1) is 10.1 Å². The molecule has 2 N–H and O–H groups in total. The summed E-state index contributed by atoms with van der Waals surface area (Å²) < 4.78 is 39.2. The van der Waals surface area contributed by atoms with Crippen molar-refractivity contribution in [1.29, 1.82) is 0 Å². The zero-order valence-corrected chi connectivity index (χ0v) is 14.3. The van der Waals surface area contributed by atoms with E-state index in [1.54, 1.807) is 0 Å². The number of carboxylic acid groups (broad SMARTS) is 1. The molecule has 0 aromatic heterocycles. The highest BCUT2D eigenvalue weighted by Crippen LogP contribution is 2.32. The van der Waals surface area contributed by atoms with Crippen molar-refractivity contribution in [3.05, 3.63) is 75.3 Å². The van der Waals surface area contributed by atoms with Gasteiger partial charge >= 0.3 is 12.1 Å². The minimum absolute atomic E-state index is 0.237. The van der Waals surface area contributed by atoms with Gasteiger partial charge in [-0.3, -0.25) is 14.9 Å². The Hall–Kier alpha value is -3.43. The Bertz CT molecular complexity index is 899. The van der Waals surface area contributed by atoms with Crippen LogP contribution in [0.1, 0.15) is 16.7 Å². The highest BCUT2D eigenvalue weighted by molar-refractivity contribution is 5.85. The van der Waals surface area contributed by atoms with E-state index in [9.17, 15) is 38.0 Å². The number of amides is 1. The lowest BCUT2D eigenvalue weighted by Gasteiger charge is -2.18. The van der Waals surface area contributed by atoms with Crippen LogP contribution in [-0.2, 0) is 28.6 Å². The molecule has 2 aromatic carbocycles. The molecule has 0 saturated heterocycles. The van der Waals surface area contributed by atoms with Crippen LogP contribution in [0.5, 0.6) is 0 Å². The summed E-state index contributed by atoms with van der Waals surface area (Å²) >= 11 is 0. The first-order valence-electron chi connectivity index (χ1n) is 7.98. The van der Waals surface area contributed by atoms with E-state index in [1.807, 2.05) is 0 Å². The SMILES string of the molecule is O=C(Cc1cccc([N+](=O)[O-])c1)N[C@H](Cc1ccccc1C(F)(F)F)C(=O)O. The molecule has 1 atom stereocenters. The second-order valence-electron chi connectivity index (χ2n) is 5.92. The van der Waals surface area contributed by atoms with E-state index in [-0.39, 0.29) is 23.2 Å². The van der Waals surface area contributed by atoms with Crippen molar-refractivity contribution >= 4 is 17.6 Å². The number of nitrogens with one attached hydrogen (secondary N) is 1. The highest BCUT2D eigenvalue weighted by Gasteiger charge is 2.34. The van der Waals surface area contributed by atoms with Crippen LogP contribution in [-0.4, -0.2) is 27.9 Å². The minimum atomic E-state index is -4.66. The van der Waals surface area contributed by atoms with Gasteiger partial charge in [0.1, 0.15) is 6.04 Å². The van der Waals surface area contributed by atoms with E-state index in [4.69, 9.17) is 0 Å². The Morgan fingerprint density at radius 3 is 2.43 bits per heavy atom. The summed E-state index contributed by atoms with van der Waals surface area (Å²) in [5.41, 5.74) is -1.21. The van der Waals surface area contributed by atoms with Gasteiger partial charge in [-0.1, -0.05) is 30.3 Å². The smallest absolute Gasteiger partial charge is 0.416 e. The maximum absolute atomic E-state index is 13.1. The van der Waals surface area contributed by atoms with Gasteiger partial charge in [-0.25, -0.2) is 4.79 Å². The molecule has 0 aliphatic heterocycles. The molecule has 0 saturated carbocycles. The molecule has 0 aliphatic rings. The molecule has 10 heteroatoms. The van der Waals surface area contributed by atoms with Crippen LogP contribution in [0.4, 0.5) is 18.9 Å². The molecule has 28 heavy (non-hydrogen) atoms. The number of nitro benzene ring substituents is 1. The maximum atomic E-state index is 13.1. The first-order valence-corrected chi connectivity index (χ1v) is 7.98. The first kappa shape index (κ1) is 20.9. The lowest BCUT2D eigenvalue weighted by atomic mass is 9.99. The number of carbonyl (C=O) groups excluding carboxylic acids is 1. The summed E-state index contributed by atoms with van der Waals surface area (Å²) in [6, 6.07) is 8.12. The van der Waals surface area contributed by atoms with Crippen LogP contribution < -0.4 is 5.32 Å². The molecule has 0 aliphatic carbocycles. The number of carboxylic acids is 1. The lowest BCUT2D eigenvalue weighted by Crippen LogP contribution is -2.43. The predicted octanol–water partition coefficient (Wildman–Crippen LogP) is 2.97. The molecule has 1 amide bonds. The normalized spacial score (nSPS) is 12.2. The molecule has 2 aromatic rings. The van der Waals surface area contributed by atoms with Crippen molar-refractivity contribution in [3.8, 4) is 0 Å². The lowest BCUT2D eigenvalue weighted by molar-refractivity contribution is -0.384. The van der Waals surface area contributed by atoms with E-state index in [1.165, 1.54) is 30.3 Å². The number of nitrogens with zero attached hydrogens (tertiary/aromatic N) is 1. The third-order valence-electron chi connectivity index (χ3n) is 3.87. The zero-order valence-electron chi connectivity index (χ0n) is 14.3. The van der Waals surface area contributed by atoms with Gasteiger partial charge in [-0.15, -0.1) is 0 Å². The zero-order chi connectivity index (χ0) is 20.9. The number of hydrogen-bond donors (Lipinski definition) is 2.